The Hall–Kier alpha value is -6.85. The van der Waals surface area contributed by atoms with E-state index in [0.29, 0.717) is 17.5 Å². The van der Waals surface area contributed by atoms with Crippen molar-refractivity contribution in [1.82, 2.24) is 15.0 Å². The Kier molecular flexibility index (Phi) is 6.31. The lowest BCUT2D eigenvalue weighted by molar-refractivity contribution is 0.669. The van der Waals surface area contributed by atoms with Crippen LogP contribution in [0.5, 0.6) is 0 Å². The van der Waals surface area contributed by atoms with Gasteiger partial charge in [-0.1, -0.05) is 115 Å². The van der Waals surface area contributed by atoms with E-state index in [4.69, 9.17) is 23.8 Å². The molecule has 1 aliphatic carbocycles. The zero-order valence-electron chi connectivity index (χ0n) is 28.0. The molecule has 0 saturated carbocycles. The van der Waals surface area contributed by atoms with Gasteiger partial charge in [-0.25, -0.2) is 15.0 Å². The first kappa shape index (κ1) is 28.9. The van der Waals surface area contributed by atoms with E-state index in [2.05, 4.69) is 91.0 Å². The summed E-state index contributed by atoms with van der Waals surface area (Å²) in [7, 11) is 0. The highest BCUT2D eigenvalue weighted by molar-refractivity contribution is 6.16. The van der Waals surface area contributed by atoms with Crippen molar-refractivity contribution < 1.29 is 8.83 Å². The molecule has 10 aromatic rings. The highest BCUT2D eigenvalue weighted by Gasteiger charge is 2.21. The maximum Gasteiger partial charge on any atom is 0.164 e. The van der Waals surface area contributed by atoms with Crippen LogP contribution in [0.15, 0.2) is 160 Å². The molecule has 7 aromatic carbocycles. The number of aromatic nitrogens is 3. The minimum atomic E-state index is 0.601. The number of rotatable bonds is 4. The first-order valence-electron chi connectivity index (χ1n) is 17.6. The van der Waals surface area contributed by atoms with Gasteiger partial charge in [-0.05, 0) is 82.6 Å². The fourth-order valence-corrected chi connectivity index (χ4v) is 7.99. The number of hydrogen-bond acceptors (Lipinski definition) is 5. The molecular formula is C47H29N3O2. The van der Waals surface area contributed by atoms with Crippen molar-refractivity contribution in [3.05, 3.63) is 163 Å². The van der Waals surface area contributed by atoms with Crippen LogP contribution in [0.2, 0.25) is 0 Å². The summed E-state index contributed by atoms with van der Waals surface area (Å²) in [6, 6.07) is 52.5. The monoisotopic (exact) mass is 667 g/mol. The molecule has 1 aliphatic rings. The minimum absolute atomic E-state index is 0.601. The van der Waals surface area contributed by atoms with E-state index in [-0.39, 0.29) is 0 Å². The summed E-state index contributed by atoms with van der Waals surface area (Å²) in [4.78, 5) is 15.4. The Morgan fingerprint density at radius 1 is 0.346 bits per heavy atom. The van der Waals surface area contributed by atoms with Crippen LogP contribution in [-0.4, -0.2) is 15.0 Å². The van der Waals surface area contributed by atoms with Gasteiger partial charge >= 0.3 is 0 Å². The molecule has 5 nitrogen and oxygen atoms in total. The second-order valence-electron chi connectivity index (χ2n) is 13.5. The lowest BCUT2D eigenvalue weighted by atomic mass is 9.85. The lowest BCUT2D eigenvalue weighted by Crippen LogP contribution is -2.05. The third-order valence-electron chi connectivity index (χ3n) is 10.5. The number of furan rings is 2. The number of aryl methyl sites for hydroxylation is 2. The largest absolute Gasteiger partial charge is 0.456 e. The van der Waals surface area contributed by atoms with Crippen molar-refractivity contribution >= 4 is 43.9 Å². The van der Waals surface area contributed by atoms with Crippen LogP contribution in [0.1, 0.15) is 11.1 Å². The second kappa shape index (κ2) is 11.3. The van der Waals surface area contributed by atoms with Crippen LogP contribution in [0, 0.1) is 0 Å². The van der Waals surface area contributed by atoms with E-state index >= 15 is 0 Å². The Bertz CT molecular complexity index is 3030. The number of fused-ring (bicyclic) bond motifs is 9. The van der Waals surface area contributed by atoms with E-state index in [1.165, 1.54) is 22.3 Å². The van der Waals surface area contributed by atoms with E-state index in [9.17, 15) is 0 Å². The number of para-hydroxylation sites is 1. The molecule has 0 N–H and O–H groups in total. The molecule has 0 saturated heterocycles. The number of nitrogens with zero attached hydrogens (tertiary/aromatic N) is 3. The molecule has 0 amide bonds. The third kappa shape index (κ3) is 4.53. The fourth-order valence-electron chi connectivity index (χ4n) is 7.99. The minimum Gasteiger partial charge on any atom is -0.456 e. The molecule has 244 valence electrons. The normalized spacial score (nSPS) is 12.5. The summed E-state index contributed by atoms with van der Waals surface area (Å²) in [5.74, 6) is 1.87. The van der Waals surface area contributed by atoms with Crippen LogP contribution < -0.4 is 0 Å². The summed E-state index contributed by atoms with van der Waals surface area (Å²) < 4.78 is 12.7. The third-order valence-corrected chi connectivity index (χ3v) is 10.5. The van der Waals surface area contributed by atoms with Gasteiger partial charge in [0.15, 0.2) is 17.5 Å². The maximum atomic E-state index is 6.48. The zero-order chi connectivity index (χ0) is 34.2. The Morgan fingerprint density at radius 3 is 1.79 bits per heavy atom. The highest BCUT2D eigenvalue weighted by Crippen LogP contribution is 2.42. The predicted molar refractivity (Wildman–Crippen MR) is 209 cm³/mol. The maximum absolute atomic E-state index is 6.48. The van der Waals surface area contributed by atoms with Crippen molar-refractivity contribution in [2.24, 2.45) is 0 Å². The number of benzene rings is 7. The number of hydrogen-bond donors (Lipinski definition) is 0. The average molecular weight is 668 g/mol. The van der Waals surface area contributed by atoms with Crippen LogP contribution in [0.3, 0.4) is 0 Å². The zero-order valence-corrected chi connectivity index (χ0v) is 28.0. The average Bonchev–Trinajstić information content (AvgIpc) is 3.79. The van der Waals surface area contributed by atoms with Crippen molar-refractivity contribution in [3.8, 4) is 56.4 Å². The first-order chi connectivity index (χ1) is 25.7. The van der Waals surface area contributed by atoms with Gasteiger partial charge in [0.05, 0.1) is 0 Å². The molecule has 3 heterocycles. The van der Waals surface area contributed by atoms with Crippen molar-refractivity contribution in [2.75, 3.05) is 0 Å². The summed E-state index contributed by atoms with van der Waals surface area (Å²) >= 11 is 0. The van der Waals surface area contributed by atoms with Crippen LogP contribution in [-0.2, 0) is 12.8 Å². The van der Waals surface area contributed by atoms with E-state index < -0.39 is 0 Å². The predicted octanol–water partition coefficient (Wildman–Crippen LogP) is 12.1. The van der Waals surface area contributed by atoms with Crippen molar-refractivity contribution in [2.45, 2.75) is 12.8 Å². The smallest absolute Gasteiger partial charge is 0.164 e. The van der Waals surface area contributed by atoms with Gasteiger partial charge in [-0.15, -0.1) is 0 Å². The molecule has 0 atom stereocenters. The highest BCUT2D eigenvalue weighted by atomic mass is 16.3. The molecule has 0 spiro atoms. The molecule has 3 aromatic heterocycles. The molecule has 0 bridgehead atoms. The summed E-state index contributed by atoms with van der Waals surface area (Å²) in [5.41, 5.74) is 13.6. The molecular weight excluding hydrogens is 639 g/mol. The standard InChI is InChI=1S/C47H29N3O2/c1-2-11-30(12-3-1)45-48-46(32-23-22-29-21-20-28-10-4-5-13-33(28)37(29)27-32)50-47(49-45)36-16-9-19-42-44(36)38-26-31(24-25-40(38)52-42)34-15-8-18-41-43(34)35-14-6-7-17-39(35)51-41/h1-19,22-27H,20-21H2. The SMILES string of the molecule is c1ccc(-c2nc(-c3ccc4c(c3)-c3ccccc3CC4)nc(-c3cccc4oc5ccc(-c6cccc7oc8ccccc8c67)cc5c34)n2)cc1. The fraction of sp³-hybridized carbons (Fsp3) is 0.0426. The van der Waals surface area contributed by atoms with E-state index in [1.807, 2.05) is 60.7 Å². The molecule has 5 heteroatoms. The van der Waals surface area contributed by atoms with Crippen LogP contribution in [0.4, 0.5) is 0 Å². The van der Waals surface area contributed by atoms with Gasteiger partial charge in [0, 0.05) is 38.2 Å². The molecule has 0 fully saturated rings. The second-order valence-corrected chi connectivity index (χ2v) is 13.5. The first-order valence-corrected chi connectivity index (χ1v) is 17.6. The van der Waals surface area contributed by atoms with Crippen LogP contribution >= 0.6 is 0 Å². The van der Waals surface area contributed by atoms with E-state index in [0.717, 1.165) is 84.5 Å². The molecule has 0 aliphatic heterocycles. The van der Waals surface area contributed by atoms with Gasteiger partial charge in [0.25, 0.3) is 0 Å². The topological polar surface area (TPSA) is 65.0 Å². The summed E-state index contributed by atoms with van der Waals surface area (Å²) in [5, 5.41) is 4.18. The molecule has 52 heavy (non-hydrogen) atoms. The molecule has 11 rings (SSSR count). The molecule has 0 unspecified atom stereocenters. The van der Waals surface area contributed by atoms with Gasteiger partial charge in [0.2, 0.25) is 0 Å². The Labute approximate surface area is 298 Å². The Morgan fingerprint density at radius 2 is 0.942 bits per heavy atom. The molecule has 0 radical (unpaired) electrons. The Balaban J connectivity index is 1.12. The summed E-state index contributed by atoms with van der Waals surface area (Å²) in [6.07, 6.45) is 2.07. The quantitative estimate of drug-likeness (QED) is 0.187. The van der Waals surface area contributed by atoms with Gasteiger partial charge < -0.3 is 8.83 Å². The van der Waals surface area contributed by atoms with E-state index in [1.54, 1.807) is 0 Å². The van der Waals surface area contributed by atoms with Gasteiger partial charge in [-0.2, -0.15) is 0 Å². The van der Waals surface area contributed by atoms with Crippen molar-refractivity contribution in [1.29, 1.82) is 0 Å². The summed E-state index contributed by atoms with van der Waals surface area (Å²) in [6.45, 7) is 0. The van der Waals surface area contributed by atoms with Crippen LogP contribution in [0.25, 0.3) is 100 Å². The van der Waals surface area contributed by atoms with Gasteiger partial charge in [-0.3, -0.25) is 0 Å². The lowest BCUT2D eigenvalue weighted by Gasteiger charge is -2.20. The van der Waals surface area contributed by atoms with Crippen molar-refractivity contribution in [3.63, 3.8) is 0 Å². The van der Waals surface area contributed by atoms with Gasteiger partial charge in [0.1, 0.15) is 22.3 Å².